The Labute approximate surface area is 161 Å². The van der Waals surface area contributed by atoms with Gasteiger partial charge in [-0.3, -0.25) is 5.01 Å². The van der Waals surface area contributed by atoms with Crippen LogP contribution < -0.4 is 0 Å². The van der Waals surface area contributed by atoms with Crippen LogP contribution in [-0.4, -0.2) is 10.7 Å². The number of rotatable bonds is 3. The maximum atomic E-state index is 4.74. The zero-order valence-corrected chi connectivity index (χ0v) is 15.8. The molecule has 0 radical (unpaired) electrons. The summed E-state index contributed by atoms with van der Waals surface area (Å²) in [5, 5.41) is 6.97. The third-order valence-electron chi connectivity index (χ3n) is 4.48. The Balaban J connectivity index is 0.000000325. The molecule has 1 heterocycles. The van der Waals surface area contributed by atoms with Crippen LogP contribution in [0.2, 0.25) is 0 Å². The van der Waals surface area contributed by atoms with Gasteiger partial charge in [0.1, 0.15) is 0 Å². The van der Waals surface area contributed by atoms with Crippen molar-refractivity contribution in [3.05, 3.63) is 96.1 Å². The molecule has 130 valence electrons. The Morgan fingerprint density at radius 1 is 1.04 bits per heavy atom. The molecule has 0 amide bonds. The molecule has 3 aromatic carbocycles. The van der Waals surface area contributed by atoms with E-state index in [0.717, 1.165) is 13.0 Å². The van der Waals surface area contributed by atoms with Crippen LogP contribution in [-0.2, 0) is 29.2 Å². The normalized spacial score (nSPS) is 18.8. The maximum absolute atomic E-state index is 4.74. The van der Waals surface area contributed by atoms with E-state index in [1.165, 1.54) is 16.8 Å². The van der Waals surface area contributed by atoms with Crippen LogP contribution in [0.15, 0.2) is 90.0 Å². The second-order valence-electron chi connectivity index (χ2n) is 6.46. The fourth-order valence-corrected chi connectivity index (χ4v) is 3.21. The van der Waals surface area contributed by atoms with Gasteiger partial charge in [-0.15, -0.1) is 5.56 Å². The van der Waals surface area contributed by atoms with Crippen molar-refractivity contribution in [1.29, 1.82) is 0 Å². The number of hydrogen-bond donors (Lipinski definition) is 0. The van der Waals surface area contributed by atoms with E-state index in [9.17, 15) is 0 Å². The van der Waals surface area contributed by atoms with Crippen LogP contribution in [0.5, 0.6) is 0 Å². The third-order valence-corrected chi connectivity index (χ3v) is 4.48. The molecule has 0 spiro atoms. The SMILES string of the molecule is CC1=NN(Cc2ccccc2)C(C)([c-]2cccc2)C1.[Fe+2].c1cc[cH-]c1. The van der Waals surface area contributed by atoms with Crippen LogP contribution in [0.4, 0.5) is 0 Å². The monoisotopic (exact) mass is 372 g/mol. The van der Waals surface area contributed by atoms with Crippen LogP contribution >= 0.6 is 0 Å². The Morgan fingerprint density at radius 3 is 2.24 bits per heavy atom. The van der Waals surface area contributed by atoms with Gasteiger partial charge in [0, 0.05) is 17.7 Å². The first kappa shape index (κ1) is 19.2. The molecule has 25 heavy (non-hydrogen) atoms. The van der Waals surface area contributed by atoms with Crippen molar-refractivity contribution in [2.75, 3.05) is 0 Å². The summed E-state index contributed by atoms with van der Waals surface area (Å²) in [6, 6.07) is 29.2. The molecule has 0 N–H and O–H groups in total. The van der Waals surface area contributed by atoms with Gasteiger partial charge in [-0.1, -0.05) is 30.3 Å². The molecule has 4 rings (SSSR count). The van der Waals surface area contributed by atoms with Gasteiger partial charge in [0.15, 0.2) is 0 Å². The predicted molar refractivity (Wildman–Crippen MR) is 101 cm³/mol. The summed E-state index contributed by atoms with van der Waals surface area (Å²) in [5.41, 5.74) is 3.85. The van der Waals surface area contributed by atoms with E-state index in [1.807, 2.05) is 30.3 Å². The minimum atomic E-state index is -0.0105. The fourth-order valence-electron chi connectivity index (χ4n) is 3.21. The number of benzene rings is 1. The standard InChI is InChI=1S/C17H19N2.C5H5.Fe/c1-14-12-17(2,16-10-6-7-11-16)19(18-14)13-15-8-4-3-5-9-15;1-2-4-5-3-1;/h3-11H,12-13H2,1-2H3;1-5H;/q2*-1;+2. The summed E-state index contributed by atoms with van der Waals surface area (Å²) in [6.45, 7) is 5.26. The molecule has 1 aliphatic rings. The average Bonchev–Trinajstić information content (AvgIpc) is 3.33. The largest absolute Gasteiger partial charge is 2.00 e. The van der Waals surface area contributed by atoms with Crippen molar-refractivity contribution in [3.8, 4) is 0 Å². The predicted octanol–water partition coefficient (Wildman–Crippen LogP) is 5.31. The Hall–Kier alpha value is -2.09. The Kier molecular flexibility index (Phi) is 6.81. The summed E-state index contributed by atoms with van der Waals surface area (Å²) < 4.78 is 0. The molecule has 0 saturated carbocycles. The molecule has 0 bridgehead atoms. The van der Waals surface area contributed by atoms with Crippen molar-refractivity contribution in [3.63, 3.8) is 0 Å². The average molecular weight is 372 g/mol. The second-order valence-corrected chi connectivity index (χ2v) is 6.46. The molecule has 0 fully saturated rings. The number of hydrazone groups is 1. The Morgan fingerprint density at radius 2 is 1.68 bits per heavy atom. The summed E-state index contributed by atoms with van der Waals surface area (Å²) in [6.07, 6.45) is 1.00. The molecule has 1 aliphatic heterocycles. The summed E-state index contributed by atoms with van der Waals surface area (Å²) >= 11 is 0. The topological polar surface area (TPSA) is 15.6 Å². The molecule has 3 heteroatoms. The van der Waals surface area contributed by atoms with Crippen molar-refractivity contribution in [1.82, 2.24) is 5.01 Å². The first-order valence-electron chi connectivity index (χ1n) is 8.43. The number of hydrogen-bond acceptors (Lipinski definition) is 2. The fraction of sp³-hybridized carbons (Fsp3) is 0.227. The van der Waals surface area contributed by atoms with Crippen molar-refractivity contribution >= 4 is 5.71 Å². The molecule has 3 aromatic rings. The molecular formula is C22H24FeN2. The van der Waals surface area contributed by atoms with E-state index < -0.39 is 0 Å². The molecule has 1 atom stereocenters. The Bertz CT molecular complexity index is 727. The van der Waals surface area contributed by atoms with Crippen LogP contribution in [0, 0.1) is 0 Å². The smallest absolute Gasteiger partial charge is 0.294 e. The quantitative estimate of drug-likeness (QED) is 0.450. The molecule has 0 aromatic heterocycles. The van der Waals surface area contributed by atoms with Gasteiger partial charge >= 0.3 is 17.1 Å². The van der Waals surface area contributed by atoms with Gasteiger partial charge in [0.25, 0.3) is 0 Å². The molecular weight excluding hydrogens is 348 g/mol. The van der Waals surface area contributed by atoms with E-state index >= 15 is 0 Å². The summed E-state index contributed by atoms with van der Waals surface area (Å²) in [7, 11) is 0. The zero-order chi connectivity index (χ0) is 16.8. The molecule has 0 saturated heterocycles. The van der Waals surface area contributed by atoms with Crippen LogP contribution in [0.1, 0.15) is 31.4 Å². The van der Waals surface area contributed by atoms with Gasteiger partial charge in [-0.2, -0.15) is 35.4 Å². The van der Waals surface area contributed by atoms with Crippen LogP contribution in [0.3, 0.4) is 0 Å². The minimum Gasteiger partial charge on any atom is -0.294 e. The maximum Gasteiger partial charge on any atom is 2.00 e. The van der Waals surface area contributed by atoms with Crippen LogP contribution in [0.25, 0.3) is 0 Å². The first-order valence-corrected chi connectivity index (χ1v) is 8.43. The van der Waals surface area contributed by atoms with Crippen molar-refractivity contribution in [2.24, 2.45) is 5.10 Å². The third kappa shape index (κ3) is 4.72. The van der Waals surface area contributed by atoms with E-state index in [0.29, 0.717) is 0 Å². The number of nitrogens with zero attached hydrogens (tertiary/aromatic N) is 2. The van der Waals surface area contributed by atoms with Gasteiger partial charge in [-0.05, 0) is 19.4 Å². The molecule has 2 nitrogen and oxygen atoms in total. The zero-order valence-electron chi connectivity index (χ0n) is 14.7. The first-order chi connectivity index (χ1) is 11.7. The van der Waals surface area contributed by atoms with Gasteiger partial charge in [0.05, 0.1) is 6.54 Å². The van der Waals surface area contributed by atoms with E-state index in [4.69, 9.17) is 5.10 Å². The second kappa shape index (κ2) is 8.84. The summed E-state index contributed by atoms with van der Waals surface area (Å²) in [4.78, 5) is 0. The van der Waals surface area contributed by atoms with E-state index in [-0.39, 0.29) is 22.6 Å². The molecule has 0 aliphatic carbocycles. The minimum absolute atomic E-state index is 0. The van der Waals surface area contributed by atoms with Gasteiger partial charge < -0.3 is 0 Å². The van der Waals surface area contributed by atoms with Gasteiger partial charge in [-0.25, -0.2) is 24.3 Å². The summed E-state index contributed by atoms with van der Waals surface area (Å²) in [5.74, 6) is 0. The van der Waals surface area contributed by atoms with Crippen molar-refractivity contribution < 1.29 is 17.1 Å². The van der Waals surface area contributed by atoms with E-state index in [2.05, 4.69) is 73.5 Å². The van der Waals surface area contributed by atoms with E-state index in [1.54, 1.807) is 0 Å². The van der Waals surface area contributed by atoms with Gasteiger partial charge in [0.2, 0.25) is 0 Å². The van der Waals surface area contributed by atoms with Crippen molar-refractivity contribution in [2.45, 2.75) is 32.4 Å². The molecule has 1 unspecified atom stereocenters.